The Hall–Kier alpha value is -0.423. The van der Waals surface area contributed by atoms with Gasteiger partial charge in [0.1, 0.15) is 0 Å². The molecule has 88 valence electrons. The van der Waals surface area contributed by atoms with E-state index in [1.807, 2.05) is 51.6 Å². The van der Waals surface area contributed by atoms with Crippen molar-refractivity contribution >= 4 is 8.80 Å². The van der Waals surface area contributed by atoms with Gasteiger partial charge in [0.2, 0.25) is 0 Å². The summed E-state index contributed by atoms with van der Waals surface area (Å²) < 4.78 is 16.9. The Balaban J connectivity index is 4.58. The highest BCUT2D eigenvalue weighted by Gasteiger charge is 2.37. The normalized spacial score (nSPS) is 13.1. The average Bonchev–Trinajstić information content (AvgIpc) is 2.19. The van der Waals surface area contributed by atoms with E-state index in [0.717, 1.165) is 0 Å². The first-order valence-corrected chi connectivity index (χ1v) is 7.27. The standard InChI is InChI=1S/C11H22O3Si/c1-5-9-10-11-15(12-6-2,13-7-3)14-8-4/h5,9-11H,6-8H2,1-4H3/b9-5+,11-10+. The molecule has 15 heavy (non-hydrogen) atoms. The molecule has 0 fully saturated rings. The maximum Gasteiger partial charge on any atom is 0.529 e. The van der Waals surface area contributed by atoms with Gasteiger partial charge in [0.25, 0.3) is 0 Å². The topological polar surface area (TPSA) is 27.7 Å². The van der Waals surface area contributed by atoms with Crippen LogP contribution in [-0.2, 0) is 13.3 Å². The van der Waals surface area contributed by atoms with Crippen LogP contribution in [0.15, 0.2) is 23.9 Å². The van der Waals surface area contributed by atoms with E-state index in [1.54, 1.807) is 0 Å². The Bertz CT molecular complexity index is 185. The smallest absolute Gasteiger partial charge is 0.371 e. The summed E-state index contributed by atoms with van der Waals surface area (Å²) in [5.74, 6) is 0. The Morgan fingerprint density at radius 3 is 1.67 bits per heavy atom. The van der Waals surface area contributed by atoms with Crippen LogP contribution in [0, 0.1) is 0 Å². The fourth-order valence-corrected chi connectivity index (χ4v) is 3.25. The van der Waals surface area contributed by atoms with Crippen molar-refractivity contribution < 1.29 is 13.3 Å². The van der Waals surface area contributed by atoms with Gasteiger partial charge in [-0.05, 0) is 33.4 Å². The van der Waals surface area contributed by atoms with Gasteiger partial charge in [0.05, 0.1) is 0 Å². The van der Waals surface area contributed by atoms with Crippen LogP contribution in [0.3, 0.4) is 0 Å². The van der Waals surface area contributed by atoms with Gasteiger partial charge >= 0.3 is 8.80 Å². The summed E-state index contributed by atoms with van der Waals surface area (Å²) in [7, 11) is -2.56. The monoisotopic (exact) mass is 230 g/mol. The minimum absolute atomic E-state index is 0.604. The van der Waals surface area contributed by atoms with Crippen molar-refractivity contribution in [3.63, 3.8) is 0 Å². The van der Waals surface area contributed by atoms with Gasteiger partial charge in [-0.3, -0.25) is 0 Å². The molecule has 0 rings (SSSR count). The van der Waals surface area contributed by atoms with E-state index in [1.165, 1.54) is 0 Å². The third kappa shape index (κ3) is 5.89. The first-order chi connectivity index (χ1) is 7.24. The zero-order chi connectivity index (χ0) is 11.6. The lowest BCUT2D eigenvalue weighted by Gasteiger charge is -2.24. The molecular weight excluding hydrogens is 208 g/mol. The van der Waals surface area contributed by atoms with Crippen molar-refractivity contribution in [2.45, 2.75) is 27.7 Å². The van der Waals surface area contributed by atoms with Gasteiger partial charge in [-0.25, -0.2) is 0 Å². The third-order valence-corrected chi connectivity index (χ3v) is 4.31. The highest BCUT2D eigenvalue weighted by molar-refractivity contribution is 6.66. The predicted octanol–water partition coefficient (Wildman–Crippen LogP) is 2.71. The van der Waals surface area contributed by atoms with Gasteiger partial charge in [0.15, 0.2) is 0 Å². The van der Waals surface area contributed by atoms with Crippen molar-refractivity contribution in [3.8, 4) is 0 Å². The van der Waals surface area contributed by atoms with Gasteiger partial charge in [0, 0.05) is 19.8 Å². The molecule has 0 saturated heterocycles. The summed E-state index contributed by atoms with van der Waals surface area (Å²) in [6.45, 7) is 9.62. The molecule has 0 heterocycles. The lowest BCUT2D eigenvalue weighted by molar-refractivity contribution is 0.0843. The lowest BCUT2D eigenvalue weighted by Crippen LogP contribution is -2.44. The molecule has 0 aromatic carbocycles. The zero-order valence-electron chi connectivity index (χ0n) is 10.2. The van der Waals surface area contributed by atoms with E-state index in [-0.39, 0.29) is 0 Å². The molecule has 0 atom stereocenters. The number of rotatable bonds is 8. The molecule has 0 aromatic heterocycles. The summed E-state index contributed by atoms with van der Waals surface area (Å²) >= 11 is 0. The van der Waals surface area contributed by atoms with Crippen molar-refractivity contribution in [2.24, 2.45) is 0 Å². The second-order valence-electron chi connectivity index (χ2n) is 2.79. The molecule has 0 bridgehead atoms. The SMILES string of the molecule is C/C=C/C=C/[Si](OCC)(OCC)OCC. The molecular formula is C11H22O3Si. The van der Waals surface area contributed by atoms with E-state index in [9.17, 15) is 0 Å². The highest BCUT2D eigenvalue weighted by atomic mass is 28.4. The molecule has 3 nitrogen and oxygen atoms in total. The molecule has 0 saturated carbocycles. The molecule has 0 aliphatic carbocycles. The van der Waals surface area contributed by atoms with Crippen LogP contribution < -0.4 is 0 Å². The quantitative estimate of drug-likeness (QED) is 0.474. The van der Waals surface area contributed by atoms with Crippen LogP contribution in [0.2, 0.25) is 0 Å². The van der Waals surface area contributed by atoms with Gasteiger partial charge in [-0.2, -0.15) is 0 Å². The van der Waals surface area contributed by atoms with Gasteiger partial charge in [-0.15, -0.1) is 0 Å². The Morgan fingerprint density at radius 1 is 0.867 bits per heavy atom. The van der Waals surface area contributed by atoms with Crippen LogP contribution >= 0.6 is 0 Å². The minimum Gasteiger partial charge on any atom is -0.371 e. The van der Waals surface area contributed by atoms with E-state index in [0.29, 0.717) is 19.8 Å². The molecule has 0 aliphatic heterocycles. The second kappa shape index (κ2) is 8.85. The van der Waals surface area contributed by atoms with Gasteiger partial charge < -0.3 is 13.3 Å². The summed E-state index contributed by atoms with van der Waals surface area (Å²) in [5, 5.41) is 0. The second-order valence-corrected chi connectivity index (χ2v) is 5.19. The summed E-state index contributed by atoms with van der Waals surface area (Å²) in [5.41, 5.74) is 1.92. The number of hydrogen-bond acceptors (Lipinski definition) is 3. The minimum atomic E-state index is -2.56. The summed E-state index contributed by atoms with van der Waals surface area (Å²) in [6, 6.07) is 0. The zero-order valence-corrected chi connectivity index (χ0v) is 11.2. The Morgan fingerprint density at radius 2 is 1.33 bits per heavy atom. The molecule has 0 spiro atoms. The third-order valence-electron chi connectivity index (χ3n) is 1.64. The average molecular weight is 230 g/mol. The van der Waals surface area contributed by atoms with E-state index in [4.69, 9.17) is 13.3 Å². The molecule has 0 radical (unpaired) electrons. The van der Waals surface area contributed by atoms with Crippen molar-refractivity contribution in [1.82, 2.24) is 0 Å². The molecule has 0 aliphatic rings. The van der Waals surface area contributed by atoms with Gasteiger partial charge in [-0.1, -0.05) is 18.2 Å². The molecule has 0 unspecified atom stereocenters. The van der Waals surface area contributed by atoms with Crippen LogP contribution in [0.4, 0.5) is 0 Å². The maximum atomic E-state index is 5.63. The lowest BCUT2D eigenvalue weighted by atomic mass is 10.5. The van der Waals surface area contributed by atoms with Crippen molar-refractivity contribution in [3.05, 3.63) is 23.9 Å². The predicted molar refractivity (Wildman–Crippen MR) is 64.6 cm³/mol. The summed E-state index contributed by atoms with van der Waals surface area (Å²) in [6.07, 6.45) is 5.82. The van der Waals surface area contributed by atoms with Crippen LogP contribution in [0.5, 0.6) is 0 Å². The van der Waals surface area contributed by atoms with E-state index >= 15 is 0 Å². The fourth-order valence-electron chi connectivity index (χ4n) is 1.16. The first kappa shape index (κ1) is 14.6. The molecule has 4 heteroatoms. The summed E-state index contributed by atoms with van der Waals surface area (Å²) in [4.78, 5) is 0. The molecule has 0 aromatic rings. The van der Waals surface area contributed by atoms with Crippen LogP contribution in [-0.4, -0.2) is 28.6 Å². The van der Waals surface area contributed by atoms with Crippen LogP contribution in [0.25, 0.3) is 0 Å². The van der Waals surface area contributed by atoms with Crippen molar-refractivity contribution in [1.29, 1.82) is 0 Å². The largest absolute Gasteiger partial charge is 0.529 e. The van der Waals surface area contributed by atoms with E-state index in [2.05, 4.69) is 0 Å². The Kier molecular flexibility index (Phi) is 8.60. The highest BCUT2D eigenvalue weighted by Crippen LogP contribution is 2.11. The first-order valence-electron chi connectivity index (χ1n) is 5.47. The Labute approximate surface area is 94.1 Å². The number of hydrogen-bond donors (Lipinski definition) is 0. The fraction of sp³-hybridized carbons (Fsp3) is 0.636. The maximum absolute atomic E-state index is 5.63. The number of allylic oxidation sites excluding steroid dienone is 3. The van der Waals surface area contributed by atoms with E-state index < -0.39 is 8.80 Å². The van der Waals surface area contributed by atoms with Crippen molar-refractivity contribution in [2.75, 3.05) is 19.8 Å². The molecule has 0 amide bonds. The molecule has 0 N–H and O–H groups in total. The van der Waals surface area contributed by atoms with Crippen LogP contribution in [0.1, 0.15) is 27.7 Å².